The minimum absolute atomic E-state index is 0.159. The highest BCUT2D eigenvalue weighted by molar-refractivity contribution is 8.26. The summed E-state index contributed by atoms with van der Waals surface area (Å²) in [6.07, 6.45) is 1.91. The maximum absolute atomic E-state index is 11.7. The van der Waals surface area contributed by atoms with Crippen molar-refractivity contribution in [1.29, 1.82) is 0 Å². The van der Waals surface area contributed by atoms with Crippen LogP contribution in [0, 0.1) is 0 Å². The molecule has 0 saturated carbocycles. The molecule has 0 aliphatic carbocycles. The van der Waals surface area contributed by atoms with Gasteiger partial charge in [0.15, 0.2) is 0 Å². The molecule has 1 rings (SSSR count). The van der Waals surface area contributed by atoms with Crippen molar-refractivity contribution in [2.24, 2.45) is 0 Å². The topological polar surface area (TPSA) is 40.5 Å². The van der Waals surface area contributed by atoms with Gasteiger partial charge in [-0.05, 0) is 13.3 Å². The van der Waals surface area contributed by atoms with Crippen molar-refractivity contribution in [3.63, 3.8) is 0 Å². The first-order chi connectivity index (χ1) is 6.61. The average Bonchev–Trinajstić information content (AvgIpc) is 2.42. The van der Waals surface area contributed by atoms with Crippen LogP contribution in [0.15, 0.2) is 10.5 Å². The number of nitrogens with zero attached hydrogens (tertiary/aromatic N) is 1. The van der Waals surface area contributed by atoms with Gasteiger partial charge in [-0.25, -0.2) is 0 Å². The molecule has 1 aliphatic rings. The van der Waals surface area contributed by atoms with Gasteiger partial charge in [0.2, 0.25) is 0 Å². The number of thiocarbonyl (C=S) groups is 1. The van der Waals surface area contributed by atoms with Crippen LogP contribution < -0.4 is 0 Å². The molecule has 1 aliphatic heterocycles. The Morgan fingerprint density at radius 2 is 2.29 bits per heavy atom. The zero-order valence-corrected chi connectivity index (χ0v) is 9.87. The Kier molecular flexibility index (Phi) is 4.10. The number of carbonyl (C=O) groups is 1. The van der Waals surface area contributed by atoms with E-state index in [1.165, 1.54) is 16.7 Å². The predicted molar refractivity (Wildman–Crippen MR) is 61.7 cm³/mol. The summed E-state index contributed by atoms with van der Waals surface area (Å²) in [5, 5.41) is 8.92. The molecule has 1 saturated heterocycles. The molecule has 0 spiro atoms. The maximum atomic E-state index is 11.7. The fraction of sp³-hybridized carbons (Fsp3) is 0.556. The lowest BCUT2D eigenvalue weighted by Crippen LogP contribution is -2.28. The predicted octanol–water partition coefficient (Wildman–Crippen LogP) is 1.87. The number of allylic oxidation sites excluding steroid dienone is 1. The summed E-state index contributed by atoms with van der Waals surface area (Å²) in [5.74, 6) is -0.159. The van der Waals surface area contributed by atoms with Gasteiger partial charge in [-0.2, -0.15) is 0 Å². The number of aliphatic hydroxyl groups is 1. The second kappa shape index (κ2) is 4.91. The van der Waals surface area contributed by atoms with E-state index in [1.807, 2.05) is 6.92 Å². The molecule has 1 N–H and O–H groups in total. The lowest BCUT2D eigenvalue weighted by molar-refractivity contribution is -0.124. The van der Waals surface area contributed by atoms with Crippen molar-refractivity contribution in [2.75, 3.05) is 6.73 Å². The Morgan fingerprint density at radius 1 is 1.64 bits per heavy atom. The van der Waals surface area contributed by atoms with Crippen molar-refractivity contribution in [2.45, 2.75) is 26.7 Å². The van der Waals surface area contributed by atoms with Crippen LogP contribution in [0.25, 0.3) is 0 Å². The van der Waals surface area contributed by atoms with Crippen LogP contribution in [0.2, 0.25) is 0 Å². The summed E-state index contributed by atoms with van der Waals surface area (Å²) >= 11 is 6.25. The average molecular weight is 231 g/mol. The van der Waals surface area contributed by atoms with E-state index in [0.29, 0.717) is 9.23 Å². The van der Waals surface area contributed by atoms with Crippen LogP contribution >= 0.6 is 24.0 Å². The molecule has 0 radical (unpaired) electrons. The quantitative estimate of drug-likeness (QED) is 0.594. The van der Waals surface area contributed by atoms with Gasteiger partial charge in [0, 0.05) is 0 Å². The lowest BCUT2D eigenvalue weighted by Gasteiger charge is -2.09. The van der Waals surface area contributed by atoms with Crippen molar-refractivity contribution >= 4 is 34.2 Å². The Hall–Kier alpha value is -0.390. The lowest BCUT2D eigenvalue weighted by atomic mass is 10.1. The number of amides is 1. The van der Waals surface area contributed by atoms with E-state index in [0.717, 1.165) is 18.4 Å². The fourth-order valence-corrected chi connectivity index (χ4v) is 2.56. The van der Waals surface area contributed by atoms with Crippen LogP contribution in [0.5, 0.6) is 0 Å². The summed E-state index contributed by atoms with van der Waals surface area (Å²) in [6, 6.07) is 0. The second-order valence-corrected chi connectivity index (χ2v) is 4.75. The van der Waals surface area contributed by atoms with Gasteiger partial charge in [-0.3, -0.25) is 9.69 Å². The summed E-state index contributed by atoms with van der Waals surface area (Å²) < 4.78 is 0.447. The first-order valence-electron chi connectivity index (χ1n) is 4.46. The van der Waals surface area contributed by atoms with E-state index in [9.17, 15) is 4.79 Å². The molecule has 0 aromatic rings. The van der Waals surface area contributed by atoms with E-state index in [2.05, 4.69) is 6.92 Å². The molecule has 0 unspecified atom stereocenters. The summed E-state index contributed by atoms with van der Waals surface area (Å²) in [7, 11) is 0. The molecule has 3 nitrogen and oxygen atoms in total. The normalized spacial score (nSPS) is 20.6. The molecule has 1 amide bonds. The highest BCUT2D eigenvalue weighted by Gasteiger charge is 2.32. The minimum Gasteiger partial charge on any atom is -0.376 e. The standard InChI is InChI=1S/C9H13NO2S2/c1-3-4-6(2)7-8(12)10(5-11)9(13)14-7/h11H,3-5H2,1-2H3/b7-6-. The maximum Gasteiger partial charge on any atom is 0.268 e. The zero-order chi connectivity index (χ0) is 10.7. The van der Waals surface area contributed by atoms with Crippen LogP contribution in [-0.4, -0.2) is 27.0 Å². The minimum atomic E-state index is -0.326. The van der Waals surface area contributed by atoms with Gasteiger partial charge < -0.3 is 5.11 Å². The van der Waals surface area contributed by atoms with Crippen LogP contribution in [0.4, 0.5) is 0 Å². The molecule has 1 fully saturated rings. The van der Waals surface area contributed by atoms with Gasteiger partial charge in [0.05, 0.1) is 4.91 Å². The van der Waals surface area contributed by atoms with E-state index in [4.69, 9.17) is 17.3 Å². The van der Waals surface area contributed by atoms with Crippen LogP contribution in [0.3, 0.4) is 0 Å². The van der Waals surface area contributed by atoms with Crippen LogP contribution in [0.1, 0.15) is 26.7 Å². The van der Waals surface area contributed by atoms with Crippen molar-refractivity contribution in [1.82, 2.24) is 4.90 Å². The SMILES string of the molecule is CCC/C(C)=C1\SC(=S)N(CO)C1=O. The van der Waals surface area contributed by atoms with E-state index < -0.39 is 0 Å². The number of carbonyl (C=O) groups excluding carboxylic acids is 1. The highest BCUT2D eigenvalue weighted by Crippen LogP contribution is 2.33. The van der Waals surface area contributed by atoms with Gasteiger partial charge in [-0.1, -0.05) is 42.9 Å². The smallest absolute Gasteiger partial charge is 0.268 e. The first-order valence-corrected chi connectivity index (χ1v) is 5.68. The monoisotopic (exact) mass is 231 g/mol. The Bertz CT molecular complexity index is 299. The molecular weight excluding hydrogens is 218 g/mol. The number of hydrogen-bond acceptors (Lipinski definition) is 4. The summed E-state index contributed by atoms with van der Waals surface area (Å²) in [6.45, 7) is 3.68. The van der Waals surface area contributed by atoms with Gasteiger partial charge in [0.1, 0.15) is 11.1 Å². The second-order valence-electron chi connectivity index (χ2n) is 3.10. The first kappa shape index (κ1) is 11.7. The van der Waals surface area contributed by atoms with Crippen LogP contribution in [-0.2, 0) is 4.79 Å². The Balaban J connectivity index is 2.90. The molecule has 0 atom stereocenters. The number of aliphatic hydroxyl groups excluding tert-OH is 1. The van der Waals surface area contributed by atoms with Gasteiger partial charge >= 0.3 is 0 Å². The summed E-state index contributed by atoms with van der Waals surface area (Å²) in [4.78, 5) is 13.6. The molecule has 5 heteroatoms. The molecule has 1 heterocycles. The van der Waals surface area contributed by atoms with E-state index in [1.54, 1.807) is 0 Å². The molecule has 0 bridgehead atoms. The largest absolute Gasteiger partial charge is 0.376 e. The number of hydrogen-bond donors (Lipinski definition) is 1. The van der Waals surface area contributed by atoms with E-state index >= 15 is 0 Å². The summed E-state index contributed by atoms with van der Waals surface area (Å²) in [5.41, 5.74) is 1.06. The fourth-order valence-electron chi connectivity index (χ4n) is 1.27. The van der Waals surface area contributed by atoms with Gasteiger partial charge in [-0.15, -0.1) is 0 Å². The zero-order valence-electron chi connectivity index (χ0n) is 8.24. The molecule has 0 aromatic heterocycles. The Labute approximate surface area is 93.2 Å². The number of rotatable bonds is 3. The molecule has 14 heavy (non-hydrogen) atoms. The van der Waals surface area contributed by atoms with Crippen molar-refractivity contribution < 1.29 is 9.90 Å². The van der Waals surface area contributed by atoms with Crippen molar-refractivity contribution in [3.05, 3.63) is 10.5 Å². The molecular formula is C9H13NO2S2. The molecule has 78 valence electrons. The van der Waals surface area contributed by atoms with E-state index in [-0.39, 0.29) is 12.6 Å². The number of thioether (sulfide) groups is 1. The third-order valence-electron chi connectivity index (χ3n) is 2.00. The molecule has 0 aromatic carbocycles. The Morgan fingerprint density at radius 3 is 2.71 bits per heavy atom. The highest BCUT2D eigenvalue weighted by atomic mass is 32.2. The van der Waals surface area contributed by atoms with Crippen molar-refractivity contribution in [3.8, 4) is 0 Å². The third-order valence-corrected chi connectivity index (χ3v) is 3.60. The third kappa shape index (κ3) is 2.16. The van der Waals surface area contributed by atoms with Gasteiger partial charge in [0.25, 0.3) is 5.91 Å².